The van der Waals surface area contributed by atoms with Crippen LogP contribution in [0.4, 0.5) is 5.69 Å². The molecule has 0 aliphatic rings. The highest BCUT2D eigenvalue weighted by atomic mass is 35.5. The van der Waals surface area contributed by atoms with E-state index in [9.17, 15) is 0 Å². The second-order valence-corrected chi connectivity index (χ2v) is 4.86. The van der Waals surface area contributed by atoms with E-state index in [1.54, 1.807) is 6.07 Å². The van der Waals surface area contributed by atoms with Gasteiger partial charge in [-0.05, 0) is 18.9 Å². The van der Waals surface area contributed by atoms with Gasteiger partial charge in [0.05, 0.1) is 5.02 Å². The van der Waals surface area contributed by atoms with Crippen molar-refractivity contribution in [2.45, 2.75) is 27.2 Å². The minimum absolute atomic E-state index is 0.504. The first kappa shape index (κ1) is 11.3. The third kappa shape index (κ3) is 1.87. The fourth-order valence-electron chi connectivity index (χ4n) is 1.66. The van der Waals surface area contributed by atoms with E-state index in [4.69, 9.17) is 21.8 Å². The number of nitrogens with zero attached hydrogens (tertiary/aromatic N) is 1. The summed E-state index contributed by atoms with van der Waals surface area (Å²) in [4.78, 5) is 4.44. The van der Waals surface area contributed by atoms with Crippen molar-refractivity contribution in [2.24, 2.45) is 5.92 Å². The summed E-state index contributed by atoms with van der Waals surface area (Å²) >= 11 is 6.07. The van der Waals surface area contributed by atoms with Crippen LogP contribution in [0.5, 0.6) is 0 Å². The van der Waals surface area contributed by atoms with E-state index in [1.165, 1.54) is 0 Å². The van der Waals surface area contributed by atoms with Gasteiger partial charge in [0.25, 0.3) is 0 Å². The molecule has 2 rings (SSSR count). The molecule has 0 bridgehead atoms. The Hall–Kier alpha value is -1.22. The Labute approximate surface area is 99.6 Å². The van der Waals surface area contributed by atoms with Crippen molar-refractivity contribution < 1.29 is 4.42 Å². The first-order chi connectivity index (χ1) is 7.49. The van der Waals surface area contributed by atoms with Gasteiger partial charge in [0, 0.05) is 17.7 Å². The number of hydrogen-bond acceptors (Lipinski definition) is 3. The van der Waals surface area contributed by atoms with Gasteiger partial charge in [-0.3, -0.25) is 0 Å². The molecule has 0 aliphatic heterocycles. The van der Waals surface area contributed by atoms with Crippen LogP contribution in [-0.4, -0.2) is 4.98 Å². The van der Waals surface area contributed by atoms with Crippen LogP contribution >= 0.6 is 11.6 Å². The zero-order chi connectivity index (χ0) is 11.9. The number of aromatic nitrogens is 1. The number of rotatable bonds is 2. The van der Waals surface area contributed by atoms with Crippen LogP contribution in [0.15, 0.2) is 10.5 Å². The predicted molar refractivity (Wildman–Crippen MR) is 66.7 cm³/mol. The molecule has 0 atom stereocenters. The summed E-state index contributed by atoms with van der Waals surface area (Å²) in [7, 11) is 0. The summed E-state index contributed by atoms with van der Waals surface area (Å²) in [5.74, 6) is 1.23. The number of hydrogen-bond donors (Lipinski definition) is 1. The first-order valence-electron chi connectivity index (χ1n) is 5.33. The third-order valence-electron chi connectivity index (χ3n) is 2.54. The number of aryl methyl sites for hydroxylation is 1. The van der Waals surface area contributed by atoms with Crippen LogP contribution in [0.25, 0.3) is 11.1 Å². The highest BCUT2D eigenvalue weighted by Crippen LogP contribution is 2.31. The molecule has 16 heavy (non-hydrogen) atoms. The zero-order valence-corrected chi connectivity index (χ0v) is 10.4. The van der Waals surface area contributed by atoms with Crippen LogP contribution in [0, 0.1) is 12.8 Å². The Kier molecular flexibility index (Phi) is 2.80. The Morgan fingerprint density at radius 1 is 1.50 bits per heavy atom. The van der Waals surface area contributed by atoms with Gasteiger partial charge in [0.2, 0.25) is 0 Å². The van der Waals surface area contributed by atoms with Gasteiger partial charge in [0.1, 0.15) is 5.52 Å². The van der Waals surface area contributed by atoms with Gasteiger partial charge in [-0.2, -0.15) is 0 Å². The van der Waals surface area contributed by atoms with Crippen LogP contribution < -0.4 is 5.73 Å². The Bertz CT molecular complexity index is 531. The smallest absolute Gasteiger partial charge is 0.195 e. The average molecular weight is 239 g/mol. The SMILES string of the molecule is Cc1c(N)cc(Cl)c2oc(CC(C)C)nc12. The highest BCUT2D eigenvalue weighted by molar-refractivity contribution is 6.35. The van der Waals surface area contributed by atoms with Crippen molar-refractivity contribution in [1.29, 1.82) is 0 Å². The molecule has 1 aromatic heterocycles. The highest BCUT2D eigenvalue weighted by Gasteiger charge is 2.14. The van der Waals surface area contributed by atoms with Gasteiger partial charge < -0.3 is 10.2 Å². The molecule has 86 valence electrons. The lowest BCUT2D eigenvalue weighted by Gasteiger charge is -2.00. The largest absolute Gasteiger partial charge is 0.439 e. The molecule has 3 nitrogen and oxygen atoms in total. The summed E-state index contributed by atoms with van der Waals surface area (Å²) in [5.41, 5.74) is 8.84. The summed E-state index contributed by atoms with van der Waals surface area (Å²) in [6.07, 6.45) is 0.810. The van der Waals surface area contributed by atoms with Gasteiger partial charge in [-0.25, -0.2) is 4.98 Å². The standard InChI is InChI=1S/C12H15ClN2O/c1-6(2)4-10-15-11-7(3)9(14)5-8(13)12(11)16-10/h5-6H,4,14H2,1-3H3. The van der Waals surface area contributed by atoms with E-state index in [0.717, 1.165) is 23.4 Å². The van der Waals surface area contributed by atoms with E-state index in [0.29, 0.717) is 22.2 Å². The van der Waals surface area contributed by atoms with Crippen molar-refractivity contribution in [2.75, 3.05) is 5.73 Å². The predicted octanol–water partition coefficient (Wildman–Crippen LogP) is 3.57. The van der Waals surface area contributed by atoms with E-state index in [-0.39, 0.29) is 0 Å². The molecule has 0 spiro atoms. The van der Waals surface area contributed by atoms with Crippen LogP contribution in [0.1, 0.15) is 25.3 Å². The van der Waals surface area contributed by atoms with Gasteiger partial charge >= 0.3 is 0 Å². The Morgan fingerprint density at radius 2 is 2.19 bits per heavy atom. The van der Waals surface area contributed by atoms with Gasteiger partial charge in [-0.15, -0.1) is 0 Å². The van der Waals surface area contributed by atoms with Gasteiger partial charge in [-0.1, -0.05) is 25.4 Å². The van der Waals surface area contributed by atoms with Crippen molar-refractivity contribution in [3.8, 4) is 0 Å². The number of nitrogen functional groups attached to an aromatic ring is 1. The molecular formula is C12H15ClN2O. The second-order valence-electron chi connectivity index (χ2n) is 4.46. The van der Waals surface area contributed by atoms with Gasteiger partial charge in [0.15, 0.2) is 11.5 Å². The fraction of sp³-hybridized carbons (Fsp3) is 0.417. The lowest BCUT2D eigenvalue weighted by atomic mass is 10.1. The lowest BCUT2D eigenvalue weighted by Crippen LogP contribution is -1.93. The molecule has 2 aromatic rings. The lowest BCUT2D eigenvalue weighted by molar-refractivity contribution is 0.482. The quantitative estimate of drug-likeness (QED) is 0.814. The van der Waals surface area contributed by atoms with E-state index in [1.807, 2.05) is 6.92 Å². The molecule has 0 radical (unpaired) electrons. The van der Waals surface area contributed by atoms with Crippen LogP contribution in [-0.2, 0) is 6.42 Å². The third-order valence-corrected chi connectivity index (χ3v) is 2.82. The van der Waals surface area contributed by atoms with Crippen molar-refractivity contribution in [1.82, 2.24) is 4.98 Å². The maximum Gasteiger partial charge on any atom is 0.195 e. The van der Waals surface area contributed by atoms with Crippen molar-refractivity contribution >= 4 is 28.4 Å². The molecule has 0 saturated heterocycles. The molecular weight excluding hydrogens is 224 g/mol. The minimum Gasteiger partial charge on any atom is -0.439 e. The topological polar surface area (TPSA) is 52.0 Å². The summed E-state index contributed by atoms with van der Waals surface area (Å²) in [5, 5.41) is 0.528. The number of halogens is 1. The number of oxazole rings is 1. The zero-order valence-electron chi connectivity index (χ0n) is 9.67. The van der Waals surface area contributed by atoms with E-state index >= 15 is 0 Å². The number of benzene rings is 1. The first-order valence-corrected chi connectivity index (χ1v) is 5.70. The van der Waals surface area contributed by atoms with Crippen molar-refractivity contribution in [3.63, 3.8) is 0 Å². The molecule has 4 heteroatoms. The van der Waals surface area contributed by atoms with E-state index < -0.39 is 0 Å². The molecule has 0 saturated carbocycles. The molecule has 0 amide bonds. The molecule has 2 N–H and O–H groups in total. The Morgan fingerprint density at radius 3 is 2.81 bits per heavy atom. The molecule has 0 fully saturated rings. The Balaban J connectivity index is 2.60. The summed E-state index contributed by atoms with van der Waals surface area (Å²) < 4.78 is 5.65. The normalized spacial score (nSPS) is 11.6. The molecule has 0 unspecified atom stereocenters. The van der Waals surface area contributed by atoms with Crippen molar-refractivity contribution in [3.05, 3.63) is 22.5 Å². The van der Waals surface area contributed by atoms with Crippen LogP contribution in [0.3, 0.4) is 0 Å². The molecule has 0 aliphatic carbocycles. The van der Waals surface area contributed by atoms with Crippen LogP contribution in [0.2, 0.25) is 5.02 Å². The number of anilines is 1. The summed E-state index contributed by atoms with van der Waals surface area (Å²) in [6.45, 7) is 6.17. The monoisotopic (exact) mass is 238 g/mol. The number of fused-ring (bicyclic) bond motifs is 1. The minimum atomic E-state index is 0.504. The maximum absolute atomic E-state index is 6.07. The average Bonchev–Trinajstić information content (AvgIpc) is 2.58. The maximum atomic E-state index is 6.07. The van der Waals surface area contributed by atoms with E-state index in [2.05, 4.69) is 18.8 Å². The fourth-order valence-corrected chi connectivity index (χ4v) is 1.91. The molecule has 1 aromatic carbocycles. The number of nitrogens with two attached hydrogens (primary N) is 1. The molecule has 1 heterocycles. The second kappa shape index (κ2) is 3.98. The summed E-state index contributed by atoms with van der Waals surface area (Å²) in [6, 6.07) is 1.71.